The topological polar surface area (TPSA) is 267 Å². The predicted molar refractivity (Wildman–Crippen MR) is 273 cm³/mol. The smallest absolute Gasteiger partial charge is 0.390 e. The van der Waals surface area contributed by atoms with Gasteiger partial charge in [0.25, 0.3) is 5.56 Å². The molecular formula is C49H45F2N7O14P2S2. The molecule has 0 saturated carbocycles. The van der Waals surface area contributed by atoms with Crippen molar-refractivity contribution < 1.29 is 64.5 Å². The molecule has 396 valence electrons. The maximum absolute atomic E-state index is 17.2. The summed E-state index contributed by atoms with van der Waals surface area (Å²) in [6, 6.07) is 27.1. The summed E-state index contributed by atoms with van der Waals surface area (Å²) in [7, 11) is 0. The number of aromatic nitrogens is 6. The fourth-order valence-electron chi connectivity index (χ4n) is 8.18. The number of H-pyrrole nitrogens is 1. The lowest BCUT2D eigenvalue weighted by Crippen LogP contribution is -2.36. The Morgan fingerprint density at radius 3 is 1.76 bits per heavy atom. The number of benzene rings is 4. The van der Waals surface area contributed by atoms with Gasteiger partial charge in [0.05, 0.1) is 30.7 Å². The maximum Gasteiger partial charge on any atom is 0.390 e. The Morgan fingerprint density at radius 1 is 0.684 bits per heavy atom. The van der Waals surface area contributed by atoms with Crippen LogP contribution in [0.2, 0.25) is 0 Å². The summed E-state index contributed by atoms with van der Waals surface area (Å²) in [6.07, 6.45) is -11.4. The Hall–Kier alpha value is -6.37. The Labute approximate surface area is 438 Å². The van der Waals surface area contributed by atoms with E-state index in [2.05, 4.69) is 15.0 Å². The monoisotopic (exact) mass is 1120 g/mol. The molecule has 76 heavy (non-hydrogen) atoms. The number of carbonyl (C=O) groups excluding carboxylic acids is 2. The second kappa shape index (κ2) is 22.3. The molecule has 0 aliphatic carbocycles. The number of nitrogens with zero attached hydrogens (tertiary/aromatic N) is 5. The zero-order chi connectivity index (χ0) is 53.3. The van der Waals surface area contributed by atoms with E-state index in [9.17, 15) is 19.2 Å². The normalized spacial score (nSPS) is 26.7. The van der Waals surface area contributed by atoms with Gasteiger partial charge in [-0.15, -0.1) is 0 Å². The SMILES string of the molecule is Cc1ccc(C(=O)Oc2ccc(CSP3(=O)OC[C@H]4O[C@@H](n5ccc(=O)[nH]c5=O)[C@H](F)[C@@H]4OP(=O)(SCc4ccc(OC(=O)c5ccc(C)cc5)cc4)OC[C@H]4O[C@@H](n5cnc6c(N)ncnc65)[C@H](O3)[C@@H]4F)cc2)cc1. The average Bonchev–Trinajstić information content (AvgIpc) is 4.09. The third-order valence-corrected chi connectivity index (χ3v) is 19.5. The fourth-order valence-corrected chi connectivity index (χ4v) is 14.9. The molecule has 3 saturated heterocycles. The molecule has 3 N–H and O–H groups in total. The van der Waals surface area contributed by atoms with Crippen LogP contribution in [0.15, 0.2) is 132 Å². The van der Waals surface area contributed by atoms with Crippen molar-refractivity contribution in [3.05, 3.63) is 176 Å². The van der Waals surface area contributed by atoms with Gasteiger partial charge in [-0.3, -0.25) is 37.0 Å². The summed E-state index contributed by atoms with van der Waals surface area (Å²) in [5, 5.41) is 0. The van der Waals surface area contributed by atoms with Crippen LogP contribution >= 0.6 is 36.4 Å². The molecule has 2 unspecified atom stereocenters. The van der Waals surface area contributed by atoms with Gasteiger partial charge in [0.1, 0.15) is 47.8 Å². The highest BCUT2D eigenvalue weighted by atomic mass is 32.7. The van der Waals surface area contributed by atoms with Crippen LogP contribution in [0, 0.1) is 13.8 Å². The number of nitrogen functional groups attached to an aromatic ring is 1. The van der Waals surface area contributed by atoms with E-state index in [1.54, 1.807) is 72.8 Å². The van der Waals surface area contributed by atoms with Gasteiger partial charge in [0, 0.05) is 23.8 Å². The van der Waals surface area contributed by atoms with Crippen LogP contribution in [0.1, 0.15) is 55.4 Å². The minimum atomic E-state index is -4.71. The third kappa shape index (κ3) is 11.8. The lowest BCUT2D eigenvalue weighted by atomic mass is 10.1. The van der Waals surface area contributed by atoms with Crippen molar-refractivity contribution in [1.29, 1.82) is 0 Å². The number of hydrogen-bond donors (Lipinski definition) is 2. The molecule has 0 amide bonds. The molecule has 0 radical (unpaired) electrons. The van der Waals surface area contributed by atoms with E-state index in [4.69, 9.17) is 42.8 Å². The highest BCUT2D eigenvalue weighted by molar-refractivity contribution is 8.55. The molecule has 10 atom stereocenters. The summed E-state index contributed by atoms with van der Waals surface area (Å²) in [6.45, 7) is -7.29. The van der Waals surface area contributed by atoms with Crippen molar-refractivity contribution in [3.8, 4) is 11.5 Å². The number of esters is 2. The van der Waals surface area contributed by atoms with Crippen molar-refractivity contribution in [2.45, 2.75) is 74.6 Å². The van der Waals surface area contributed by atoms with Gasteiger partial charge in [-0.2, -0.15) is 0 Å². The van der Waals surface area contributed by atoms with Crippen LogP contribution in [-0.4, -0.2) is 91.0 Å². The molecule has 3 aliphatic rings. The zero-order valence-corrected chi connectivity index (χ0v) is 43.4. The van der Waals surface area contributed by atoms with E-state index in [0.717, 1.165) is 34.3 Å². The lowest BCUT2D eigenvalue weighted by molar-refractivity contribution is -0.0576. The molecule has 21 nitrogen and oxygen atoms in total. The second-order valence-electron chi connectivity index (χ2n) is 17.6. The van der Waals surface area contributed by atoms with E-state index in [1.807, 2.05) is 18.8 Å². The molecule has 27 heteroatoms. The van der Waals surface area contributed by atoms with Gasteiger partial charge < -0.3 is 24.7 Å². The number of alkyl halides is 2. The molecule has 3 aliphatic heterocycles. The van der Waals surface area contributed by atoms with E-state index >= 15 is 17.9 Å². The van der Waals surface area contributed by atoms with Gasteiger partial charge in [0.15, 0.2) is 36.3 Å². The second-order valence-corrected chi connectivity index (χ2v) is 25.6. The Kier molecular flexibility index (Phi) is 15.6. The van der Waals surface area contributed by atoms with Crippen molar-refractivity contribution in [1.82, 2.24) is 29.1 Å². The first-order valence-corrected chi connectivity index (χ1v) is 29.5. The van der Waals surface area contributed by atoms with E-state index in [-0.39, 0.29) is 40.0 Å². The lowest BCUT2D eigenvalue weighted by Gasteiger charge is -2.28. The molecule has 7 aromatic rings. The summed E-state index contributed by atoms with van der Waals surface area (Å²) in [5.41, 5.74) is 8.11. The van der Waals surface area contributed by atoms with Crippen molar-refractivity contribution in [2.75, 3.05) is 18.9 Å². The minimum Gasteiger partial charge on any atom is -0.423 e. The number of anilines is 1. The predicted octanol–water partition coefficient (Wildman–Crippen LogP) is 8.39. The first kappa shape index (κ1) is 53.0. The molecular weight excluding hydrogens is 1070 g/mol. The quantitative estimate of drug-likeness (QED) is 0.0660. The van der Waals surface area contributed by atoms with Gasteiger partial charge in [0.2, 0.25) is 0 Å². The first-order valence-electron chi connectivity index (χ1n) is 23.2. The number of aromatic amines is 1. The largest absolute Gasteiger partial charge is 0.423 e. The van der Waals surface area contributed by atoms with Crippen molar-refractivity contribution in [3.63, 3.8) is 0 Å². The molecule has 4 aromatic carbocycles. The molecule has 2 bridgehead atoms. The number of halogens is 2. The van der Waals surface area contributed by atoms with E-state index in [1.165, 1.54) is 35.2 Å². The van der Waals surface area contributed by atoms with Crippen LogP contribution in [0.5, 0.6) is 11.5 Å². The molecule has 3 aromatic heterocycles. The Bertz CT molecular complexity index is 3490. The van der Waals surface area contributed by atoms with Crippen LogP contribution in [0.3, 0.4) is 0 Å². The van der Waals surface area contributed by atoms with Gasteiger partial charge >= 0.3 is 31.2 Å². The van der Waals surface area contributed by atoms with Gasteiger partial charge in [-0.05, 0) is 96.3 Å². The first-order chi connectivity index (χ1) is 36.5. The van der Waals surface area contributed by atoms with Crippen molar-refractivity contribution in [2.24, 2.45) is 0 Å². The Balaban J connectivity index is 0.950. The number of ether oxygens (including phenoxy) is 4. The van der Waals surface area contributed by atoms with Crippen molar-refractivity contribution >= 4 is 65.3 Å². The van der Waals surface area contributed by atoms with Crippen LogP contribution in [0.4, 0.5) is 14.6 Å². The van der Waals surface area contributed by atoms with Gasteiger partial charge in [-0.1, -0.05) is 59.7 Å². The fraction of sp³-hybridized carbons (Fsp3) is 0.286. The number of hydrogen-bond acceptors (Lipinski definition) is 20. The number of nitrogens with one attached hydrogen (secondary N) is 1. The van der Waals surface area contributed by atoms with Crippen LogP contribution in [0.25, 0.3) is 11.2 Å². The Morgan fingerprint density at radius 2 is 1.21 bits per heavy atom. The minimum absolute atomic E-state index is 0.00809. The number of rotatable bonds is 12. The summed E-state index contributed by atoms with van der Waals surface area (Å²) >= 11 is 1.22. The van der Waals surface area contributed by atoms with Gasteiger partial charge in [-0.25, -0.2) is 47.2 Å². The number of fused-ring (bicyclic) bond motifs is 4. The number of nitrogens with two attached hydrogens (primary N) is 1. The molecule has 6 heterocycles. The van der Waals surface area contributed by atoms with Crippen LogP contribution in [-0.2, 0) is 48.2 Å². The maximum atomic E-state index is 17.2. The summed E-state index contributed by atoms with van der Waals surface area (Å²) in [5.74, 6) is -1.01. The summed E-state index contributed by atoms with van der Waals surface area (Å²) in [4.78, 5) is 65.2. The highest BCUT2D eigenvalue weighted by Crippen LogP contribution is 2.67. The number of carbonyl (C=O) groups is 2. The van der Waals surface area contributed by atoms with E-state index < -0.39 is 99.2 Å². The standard InChI is InChI=1S/C49H45F2N7O14P2S2/c1-27-3-11-31(12-4-27)47(60)67-33-15-7-29(8-16-33)23-75-73(63)65-21-35-38(50)42(46(69-35)58-26-55-40-43(52)53-25-54-44(40)58)72-74(64,66-22-36-41(71-73)39(51)45(70-36)57-20-19-37(59)56-49(57)62)76-24-30-9-17-34(18-10-30)68-48(61)32-13-5-28(2)6-14-32/h3-20,25-26,35-36,38-39,41-42,45-46H,21-24H2,1-2H3,(H2,52,53,54)(H,56,59,62)/t35-,36-,38-,39-,41-,42-,45-,46-,73?,74?/m1/s1. The molecule has 10 rings (SSSR count). The highest BCUT2D eigenvalue weighted by Gasteiger charge is 2.55. The molecule has 0 spiro atoms. The number of imidazole rings is 1. The number of aryl methyl sites for hydroxylation is 2. The van der Waals surface area contributed by atoms with E-state index in [0.29, 0.717) is 45.0 Å². The average molecular weight is 1120 g/mol. The third-order valence-electron chi connectivity index (χ3n) is 12.2. The molecule has 3 fully saturated rings. The van der Waals surface area contributed by atoms with Crippen LogP contribution < -0.4 is 26.5 Å². The summed E-state index contributed by atoms with van der Waals surface area (Å²) < 4.78 is 115. The zero-order valence-electron chi connectivity index (χ0n) is 40.0.